The number of carbonyl (C=O) groups excluding carboxylic acids is 3. The number of carbonyl (C=O) groups is 3. The first-order valence-corrected chi connectivity index (χ1v) is 7.76. The number of benzene rings is 2. The van der Waals surface area contributed by atoms with Gasteiger partial charge < -0.3 is 10.6 Å². The molecule has 0 heterocycles. The van der Waals surface area contributed by atoms with E-state index >= 15 is 0 Å². The molecule has 2 aromatic rings. The van der Waals surface area contributed by atoms with Crippen molar-refractivity contribution in [3.8, 4) is 0 Å². The Hall–Kier alpha value is -2.95. The van der Waals surface area contributed by atoms with Crippen LogP contribution in [-0.2, 0) is 16.0 Å². The number of nitrogens with one attached hydrogen (secondary N) is 2. The van der Waals surface area contributed by atoms with Crippen molar-refractivity contribution in [3.63, 3.8) is 0 Å². The van der Waals surface area contributed by atoms with Crippen LogP contribution in [0.4, 0.5) is 5.69 Å². The van der Waals surface area contributed by atoms with Gasteiger partial charge >= 0.3 is 0 Å². The lowest BCUT2D eigenvalue weighted by Gasteiger charge is -2.09. The van der Waals surface area contributed by atoms with Gasteiger partial charge in [0.15, 0.2) is 5.78 Å². The maximum atomic E-state index is 12.0. The summed E-state index contributed by atoms with van der Waals surface area (Å²) in [6.45, 7) is 1.70. The van der Waals surface area contributed by atoms with Crippen LogP contribution in [0.15, 0.2) is 54.6 Å². The number of ketones is 1. The normalized spacial score (nSPS) is 10.0. The van der Waals surface area contributed by atoms with E-state index in [1.165, 1.54) is 6.92 Å². The minimum atomic E-state index is -0.247. The second-order valence-electron chi connectivity index (χ2n) is 5.41. The first-order valence-electron chi connectivity index (χ1n) is 7.76. The van der Waals surface area contributed by atoms with Crippen LogP contribution in [0.5, 0.6) is 0 Å². The molecule has 0 aliphatic rings. The smallest absolute Gasteiger partial charge is 0.226 e. The highest BCUT2D eigenvalue weighted by atomic mass is 16.2. The Bertz CT molecular complexity index is 726. The van der Waals surface area contributed by atoms with Gasteiger partial charge in [0.05, 0.1) is 12.1 Å². The van der Waals surface area contributed by atoms with Gasteiger partial charge in [-0.1, -0.05) is 42.5 Å². The molecule has 0 fully saturated rings. The molecule has 5 nitrogen and oxygen atoms in total. The van der Waals surface area contributed by atoms with Gasteiger partial charge in [0.25, 0.3) is 0 Å². The first kappa shape index (κ1) is 17.4. The van der Waals surface area contributed by atoms with E-state index in [4.69, 9.17) is 0 Å². The van der Waals surface area contributed by atoms with Gasteiger partial charge in [0, 0.05) is 18.5 Å². The molecule has 124 valence electrons. The number of amides is 2. The lowest BCUT2D eigenvalue weighted by molar-refractivity contribution is -0.120. The number of rotatable bonds is 7. The van der Waals surface area contributed by atoms with Gasteiger partial charge in [-0.25, -0.2) is 0 Å². The number of hydrogen-bond acceptors (Lipinski definition) is 3. The zero-order valence-corrected chi connectivity index (χ0v) is 13.5. The highest BCUT2D eigenvalue weighted by Crippen LogP contribution is 2.15. The molecule has 0 aliphatic heterocycles. The summed E-state index contributed by atoms with van der Waals surface area (Å²) in [5.74, 6) is -0.482. The van der Waals surface area contributed by atoms with E-state index in [1.807, 2.05) is 30.3 Å². The summed E-state index contributed by atoms with van der Waals surface area (Å²) < 4.78 is 0. The molecule has 0 aliphatic carbocycles. The lowest BCUT2D eigenvalue weighted by atomic mass is 10.1. The Kier molecular flexibility index (Phi) is 6.25. The summed E-state index contributed by atoms with van der Waals surface area (Å²) in [5.41, 5.74) is 1.89. The van der Waals surface area contributed by atoms with Gasteiger partial charge in [0.1, 0.15) is 0 Å². The fourth-order valence-corrected chi connectivity index (χ4v) is 2.27. The minimum absolute atomic E-state index is 0.109. The van der Waals surface area contributed by atoms with Crippen LogP contribution < -0.4 is 10.6 Å². The van der Waals surface area contributed by atoms with E-state index in [0.29, 0.717) is 11.3 Å². The summed E-state index contributed by atoms with van der Waals surface area (Å²) in [6.07, 6.45) is 0.433. The fraction of sp³-hybridized carbons (Fsp3) is 0.211. The Morgan fingerprint density at radius 1 is 0.875 bits per heavy atom. The summed E-state index contributed by atoms with van der Waals surface area (Å²) in [5, 5.41) is 5.42. The molecule has 2 amide bonds. The Labute approximate surface area is 141 Å². The second-order valence-corrected chi connectivity index (χ2v) is 5.41. The predicted octanol–water partition coefficient (Wildman–Crippen LogP) is 2.58. The number of hydrogen-bond donors (Lipinski definition) is 2. The first-order chi connectivity index (χ1) is 11.6. The molecule has 2 rings (SSSR count). The highest BCUT2D eigenvalue weighted by molar-refractivity contribution is 6.03. The molecular weight excluding hydrogens is 304 g/mol. The molecular formula is C19H20N2O3. The average molecular weight is 324 g/mol. The second kappa shape index (κ2) is 8.62. The molecule has 0 unspecified atom stereocenters. The zero-order chi connectivity index (χ0) is 17.4. The zero-order valence-electron chi connectivity index (χ0n) is 13.5. The summed E-state index contributed by atoms with van der Waals surface area (Å²) in [6, 6.07) is 16.3. The van der Waals surface area contributed by atoms with Crippen LogP contribution in [0, 0.1) is 0 Å². The molecule has 5 heteroatoms. The quantitative estimate of drug-likeness (QED) is 0.769. The summed E-state index contributed by atoms with van der Waals surface area (Å²) in [7, 11) is 0. The van der Waals surface area contributed by atoms with Crippen molar-refractivity contribution in [1.29, 1.82) is 0 Å². The Morgan fingerprint density at radius 2 is 1.54 bits per heavy atom. The van der Waals surface area contributed by atoms with E-state index in [2.05, 4.69) is 10.6 Å². The fourth-order valence-electron chi connectivity index (χ4n) is 2.27. The molecule has 0 saturated carbocycles. The van der Waals surface area contributed by atoms with Gasteiger partial charge in [-0.15, -0.1) is 0 Å². The van der Waals surface area contributed by atoms with Gasteiger partial charge in [0.2, 0.25) is 11.8 Å². The van der Waals surface area contributed by atoms with Crippen molar-refractivity contribution >= 4 is 23.3 Å². The van der Waals surface area contributed by atoms with Gasteiger partial charge in [-0.05, 0) is 24.6 Å². The summed E-state index contributed by atoms with van der Waals surface area (Å²) in [4.78, 5) is 35.3. The van der Waals surface area contributed by atoms with Gasteiger partial charge in [-0.3, -0.25) is 14.4 Å². The van der Waals surface area contributed by atoms with Crippen molar-refractivity contribution in [3.05, 3.63) is 65.7 Å². The molecule has 0 bridgehead atoms. The largest absolute Gasteiger partial charge is 0.355 e. The number of para-hydroxylation sites is 1. The van der Waals surface area contributed by atoms with E-state index in [9.17, 15) is 14.4 Å². The van der Waals surface area contributed by atoms with E-state index in [1.54, 1.807) is 24.3 Å². The SMILES string of the molecule is CC(=O)c1ccccc1NC(=O)CCNC(=O)Cc1ccccc1. The standard InChI is InChI=1S/C19H20N2O3/c1-14(22)16-9-5-6-10-17(16)21-18(23)11-12-20-19(24)13-15-7-3-2-4-8-15/h2-10H,11-13H2,1H3,(H,20,24)(H,21,23). The molecule has 0 atom stereocenters. The average Bonchev–Trinajstić information content (AvgIpc) is 2.56. The number of anilines is 1. The van der Waals surface area contributed by atoms with Crippen LogP contribution in [-0.4, -0.2) is 24.1 Å². The third kappa shape index (κ3) is 5.35. The Morgan fingerprint density at radius 3 is 2.25 bits per heavy atom. The molecule has 0 radical (unpaired) electrons. The highest BCUT2D eigenvalue weighted by Gasteiger charge is 2.10. The van der Waals surface area contributed by atoms with Crippen LogP contribution in [0.3, 0.4) is 0 Å². The third-order valence-corrected chi connectivity index (χ3v) is 3.46. The summed E-state index contributed by atoms with van der Waals surface area (Å²) >= 11 is 0. The predicted molar refractivity (Wildman–Crippen MR) is 92.8 cm³/mol. The molecule has 0 spiro atoms. The topological polar surface area (TPSA) is 75.3 Å². The molecule has 2 aromatic carbocycles. The Balaban J connectivity index is 1.78. The van der Waals surface area contributed by atoms with E-state index in [-0.39, 0.29) is 37.0 Å². The molecule has 0 aromatic heterocycles. The van der Waals surface area contributed by atoms with Crippen molar-refractivity contribution in [1.82, 2.24) is 5.32 Å². The van der Waals surface area contributed by atoms with Crippen LogP contribution >= 0.6 is 0 Å². The lowest BCUT2D eigenvalue weighted by Crippen LogP contribution is -2.29. The number of Topliss-reactive ketones (excluding diaryl/α,β-unsaturated/α-hetero) is 1. The van der Waals surface area contributed by atoms with E-state index in [0.717, 1.165) is 5.56 Å². The third-order valence-electron chi connectivity index (χ3n) is 3.46. The maximum Gasteiger partial charge on any atom is 0.226 e. The molecule has 2 N–H and O–H groups in total. The minimum Gasteiger partial charge on any atom is -0.355 e. The van der Waals surface area contributed by atoms with Crippen molar-refractivity contribution in [2.45, 2.75) is 19.8 Å². The maximum absolute atomic E-state index is 12.0. The molecule has 0 saturated heterocycles. The van der Waals surface area contributed by atoms with Crippen LogP contribution in [0.2, 0.25) is 0 Å². The molecule has 24 heavy (non-hydrogen) atoms. The van der Waals surface area contributed by atoms with Gasteiger partial charge in [-0.2, -0.15) is 0 Å². The monoisotopic (exact) mass is 324 g/mol. The van der Waals surface area contributed by atoms with Crippen molar-refractivity contribution in [2.75, 3.05) is 11.9 Å². The van der Waals surface area contributed by atoms with Crippen molar-refractivity contribution < 1.29 is 14.4 Å². The van der Waals surface area contributed by atoms with Crippen LogP contribution in [0.1, 0.15) is 29.3 Å². The van der Waals surface area contributed by atoms with Crippen molar-refractivity contribution in [2.24, 2.45) is 0 Å². The van der Waals surface area contributed by atoms with E-state index < -0.39 is 0 Å². The van der Waals surface area contributed by atoms with Crippen LogP contribution in [0.25, 0.3) is 0 Å².